The van der Waals surface area contributed by atoms with Gasteiger partial charge in [-0.2, -0.15) is 0 Å². The first kappa shape index (κ1) is 24.6. The van der Waals surface area contributed by atoms with Crippen molar-refractivity contribution in [1.29, 1.82) is 0 Å². The molecule has 10 rings (SSSR count). The van der Waals surface area contributed by atoms with Crippen LogP contribution in [0, 0.1) is 0 Å². The van der Waals surface area contributed by atoms with Gasteiger partial charge in [-0.1, -0.05) is 97.1 Å². The molecule has 0 unspecified atom stereocenters. The third-order valence-corrected chi connectivity index (χ3v) is 10.0. The molecule has 0 spiro atoms. The van der Waals surface area contributed by atoms with Crippen molar-refractivity contribution in [2.24, 2.45) is 0 Å². The second kappa shape index (κ2) is 9.36. The Balaban J connectivity index is 1.30. The number of hydrogen-bond acceptors (Lipinski definition) is 3. The van der Waals surface area contributed by atoms with Crippen molar-refractivity contribution in [3.05, 3.63) is 140 Å². The van der Waals surface area contributed by atoms with Crippen LogP contribution in [0.3, 0.4) is 0 Å². The minimum atomic E-state index is 0.710. The van der Waals surface area contributed by atoms with Crippen molar-refractivity contribution in [1.82, 2.24) is 19.5 Å². The van der Waals surface area contributed by atoms with Gasteiger partial charge in [0.15, 0.2) is 5.82 Å². The molecule has 5 heteroatoms. The molecular formula is C40H24N4S. The van der Waals surface area contributed by atoms with Crippen LogP contribution in [0.25, 0.3) is 92.2 Å². The molecule has 6 aromatic carbocycles. The number of aromatic amines is 1. The van der Waals surface area contributed by atoms with Gasteiger partial charge in [0.2, 0.25) is 0 Å². The number of benzene rings is 6. The van der Waals surface area contributed by atoms with Gasteiger partial charge in [0, 0.05) is 69.9 Å². The number of aromatic nitrogens is 4. The van der Waals surface area contributed by atoms with Crippen LogP contribution < -0.4 is 0 Å². The fourth-order valence-electron chi connectivity index (χ4n) is 6.85. The van der Waals surface area contributed by atoms with Crippen LogP contribution in [0.5, 0.6) is 0 Å². The van der Waals surface area contributed by atoms with E-state index in [-0.39, 0.29) is 0 Å². The van der Waals surface area contributed by atoms with E-state index >= 15 is 0 Å². The van der Waals surface area contributed by atoms with E-state index in [1.165, 1.54) is 52.8 Å². The summed E-state index contributed by atoms with van der Waals surface area (Å²) >= 11 is 1.86. The molecule has 1 N–H and O–H groups in total. The Labute approximate surface area is 261 Å². The zero-order valence-corrected chi connectivity index (χ0v) is 24.8. The lowest BCUT2D eigenvalue weighted by atomic mass is 10.1. The van der Waals surface area contributed by atoms with Crippen molar-refractivity contribution in [2.75, 3.05) is 0 Å². The van der Waals surface area contributed by atoms with E-state index in [1.807, 2.05) is 35.6 Å². The maximum atomic E-state index is 5.22. The lowest BCUT2D eigenvalue weighted by molar-refractivity contribution is 1.05. The second-order valence-electron chi connectivity index (χ2n) is 11.6. The number of hydrogen-bond donors (Lipinski definition) is 1. The maximum absolute atomic E-state index is 5.22. The second-order valence-corrected chi connectivity index (χ2v) is 12.6. The van der Waals surface area contributed by atoms with Gasteiger partial charge >= 0.3 is 0 Å². The number of H-pyrrole nitrogens is 1. The van der Waals surface area contributed by atoms with Gasteiger partial charge in [0.1, 0.15) is 5.82 Å². The first-order valence-corrected chi connectivity index (χ1v) is 15.9. The highest BCUT2D eigenvalue weighted by atomic mass is 32.1. The molecular weight excluding hydrogens is 569 g/mol. The zero-order chi connectivity index (χ0) is 29.5. The Morgan fingerprint density at radius 3 is 2.00 bits per heavy atom. The van der Waals surface area contributed by atoms with Crippen molar-refractivity contribution >= 4 is 75.1 Å². The number of fused-ring (bicyclic) bond motifs is 9. The van der Waals surface area contributed by atoms with E-state index in [1.54, 1.807) is 0 Å². The monoisotopic (exact) mass is 592 g/mol. The number of nitrogens with zero attached hydrogens (tertiary/aromatic N) is 3. The Hall–Kier alpha value is -5.78. The largest absolute Gasteiger partial charge is 0.354 e. The van der Waals surface area contributed by atoms with E-state index in [0.29, 0.717) is 5.82 Å². The number of rotatable bonds is 3. The van der Waals surface area contributed by atoms with Crippen LogP contribution in [0.1, 0.15) is 0 Å². The smallest absolute Gasteiger partial charge is 0.162 e. The van der Waals surface area contributed by atoms with Gasteiger partial charge < -0.3 is 4.98 Å². The summed E-state index contributed by atoms with van der Waals surface area (Å²) in [7, 11) is 0. The first-order valence-electron chi connectivity index (χ1n) is 15.1. The van der Waals surface area contributed by atoms with E-state index in [0.717, 1.165) is 33.7 Å². The van der Waals surface area contributed by atoms with Crippen molar-refractivity contribution in [3.63, 3.8) is 0 Å². The van der Waals surface area contributed by atoms with Crippen LogP contribution in [-0.4, -0.2) is 19.5 Å². The lowest BCUT2D eigenvalue weighted by Gasteiger charge is -2.12. The van der Waals surface area contributed by atoms with Gasteiger partial charge in [-0.3, -0.25) is 4.57 Å². The van der Waals surface area contributed by atoms with Crippen LogP contribution in [0.15, 0.2) is 140 Å². The first-order chi connectivity index (χ1) is 22.3. The third-order valence-electron chi connectivity index (χ3n) is 8.93. The summed E-state index contributed by atoms with van der Waals surface area (Å²) in [5.41, 5.74) is 7.57. The number of nitrogens with one attached hydrogen (secondary N) is 1. The highest BCUT2D eigenvalue weighted by molar-refractivity contribution is 7.26. The molecule has 4 aromatic heterocycles. The van der Waals surface area contributed by atoms with Gasteiger partial charge in [-0.15, -0.1) is 11.3 Å². The van der Waals surface area contributed by atoms with Gasteiger partial charge in [-0.25, -0.2) is 9.97 Å². The zero-order valence-electron chi connectivity index (χ0n) is 24.0. The van der Waals surface area contributed by atoms with Crippen molar-refractivity contribution in [2.45, 2.75) is 0 Å². The fourth-order valence-corrected chi connectivity index (χ4v) is 8.00. The Bertz CT molecular complexity index is 2690. The van der Waals surface area contributed by atoms with Gasteiger partial charge in [0.25, 0.3) is 0 Å². The quantitative estimate of drug-likeness (QED) is 0.222. The molecule has 0 aliphatic carbocycles. The standard InChI is InChI=1S/C40H24N4S/c1-3-11-24(12-4-1)33-23-39(43-40(42-33)25-13-5-2-6-14-25)44-35-18-10-8-16-27(35)29-21-37-31(20-36(29)44)30-19-28-26-15-7-9-17-32(26)41-34(28)22-38(30)45-37/h1-23,41H. The molecule has 0 aliphatic heterocycles. The highest BCUT2D eigenvalue weighted by Gasteiger charge is 2.19. The molecule has 10 aromatic rings. The SMILES string of the molecule is c1ccc(-c2cc(-n3c4ccccc4c4cc5sc6cc7[nH]c8ccccc8c7cc6c5cc43)nc(-c3ccccc3)n2)cc1. The summed E-state index contributed by atoms with van der Waals surface area (Å²) in [6.45, 7) is 0. The van der Waals surface area contributed by atoms with E-state index in [2.05, 4.69) is 125 Å². The van der Waals surface area contributed by atoms with Crippen LogP contribution in [-0.2, 0) is 0 Å². The van der Waals surface area contributed by atoms with Crippen molar-refractivity contribution < 1.29 is 0 Å². The summed E-state index contributed by atoms with van der Waals surface area (Å²) in [4.78, 5) is 13.9. The van der Waals surface area contributed by atoms with E-state index in [4.69, 9.17) is 9.97 Å². The van der Waals surface area contributed by atoms with Crippen LogP contribution in [0.4, 0.5) is 0 Å². The number of thiophene rings is 1. The number of para-hydroxylation sites is 2. The van der Waals surface area contributed by atoms with E-state index < -0.39 is 0 Å². The van der Waals surface area contributed by atoms with Crippen LogP contribution in [0.2, 0.25) is 0 Å². The predicted octanol–water partition coefficient (Wildman–Crippen LogP) is 10.9. The summed E-state index contributed by atoms with van der Waals surface area (Å²) < 4.78 is 4.89. The summed E-state index contributed by atoms with van der Waals surface area (Å²) in [6.07, 6.45) is 0. The van der Waals surface area contributed by atoms with Crippen molar-refractivity contribution in [3.8, 4) is 28.5 Å². The molecule has 4 heterocycles. The van der Waals surface area contributed by atoms with Crippen LogP contribution >= 0.6 is 11.3 Å². The Morgan fingerprint density at radius 2 is 1.16 bits per heavy atom. The Kier molecular flexibility index (Phi) is 5.12. The summed E-state index contributed by atoms with van der Waals surface area (Å²) in [5.74, 6) is 1.56. The molecule has 0 amide bonds. The normalized spacial score (nSPS) is 12.0. The van der Waals surface area contributed by atoms with E-state index in [9.17, 15) is 0 Å². The summed E-state index contributed by atoms with van der Waals surface area (Å²) in [6, 6.07) is 49.4. The molecule has 0 aliphatic rings. The topological polar surface area (TPSA) is 46.5 Å². The lowest BCUT2D eigenvalue weighted by Crippen LogP contribution is -2.02. The average molecular weight is 593 g/mol. The molecule has 0 atom stereocenters. The fraction of sp³-hybridized carbons (Fsp3) is 0. The highest BCUT2D eigenvalue weighted by Crippen LogP contribution is 2.42. The molecule has 0 radical (unpaired) electrons. The molecule has 0 saturated heterocycles. The molecule has 210 valence electrons. The molecule has 4 nitrogen and oxygen atoms in total. The molecule has 0 fully saturated rings. The molecule has 45 heavy (non-hydrogen) atoms. The molecule has 0 bridgehead atoms. The van der Waals surface area contributed by atoms with Gasteiger partial charge in [-0.05, 0) is 36.4 Å². The minimum absolute atomic E-state index is 0.710. The third kappa shape index (κ3) is 3.71. The van der Waals surface area contributed by atoms with Gasteiger partial charge in [0.05, 0.1) is 16.7 Å². The predicted molar refractivity (Wildman–Crippen MR) is 189 cm³/mol. The Morgan fingerprint density at radius 1 is 0.467 bits per heavy atom. The average Bonchev–Trinajstić information content (AvgIpc) is 3.75. The summed E-state index contributed by atoms with van der Waals surface area (Å²) in [5, 5.41) is 7.50. The maximum Gasteiger partial charge on any atom is 0.162 e. The molecule has 0 saturated carbocycles. The minimum Gasteiger partial charge on any atom is -0.354 e.